The molecule has 0 saturated carbocycles. The predicted octanol–water partition coefficient (Wildman–Crippen LogP) is 3.09. The topological polar surface area (TPSA) is 93.1 Å². The maximum atomic E-state index is 12.5. The second-order valence-corrected chi connectivity index (χ2v) is 8.69. The molecule has 2 aromatic heterocycles. The van der Waals surface area contributed by atoms with Gasteiger partial charge < -0.3 is 0 Å². The number of nitrogens with one attached hydrogen (secondary N) is 2. The highest BCUT2D eigenvalue weighted by Gasteiger charge is 2.17. The Morgan fingerprint density at radius 3 is 2.55 bits per heavy atom. The highest BCUT2D eigenvalue weighted by Crippen LogP contribution is 2.28. The van der Waals surface area contributed by atoms with E-state index in [2.05, 4.69) is 16.0 Å². The van der Waals surface area contributed by atoms with E-state index in [9.17, 15) is 14.4 Å². The number of benzene rings is 1. The lowest BCUT2D eigenvalue weighted by Gasteiger charge is -2.09. The molecule has 1 aromatic carbocycles. The molecular weight excluding hydrogens is 412 g/mol. The number of aryl methyl sites for hydroxylation is 2. The Bertz CT molecular complexity index is 1110. The van der Waals surface area contributed by atoms with Crippen LogP contribution in [0.2, 0.25) is 0 Å². The summed E-state index contributed by atoms with van der Waals surface area (Å²) in [5.74, 6) is -0.869. The number of rotatable bonds is 4. The standard InChI is InChI=1S/C23H24N4O3S/c28-21(15-27-22(29)13-12-18(26-27)16-8-5-3-6-9-16)24-25-23(30)20-14-17-10-4-1-2-7-11-19(17)31-20/h3,5-6,8-9,12-14H,1-2,4,7,10-11,15H2,(H,24,28)(H,25,30). The maximum Gasteiger partial charge on any atom is 0.279 e. The normalized spacial score (nSPS) is 13.5. The van der Waals surface area contributed by atoms with E-state index in [1.54, 1.807) is 6.07 Å². The van der Waals surface area contributed by atoms with E-state index in [4.69, 9.17) is 0 Å². The van der Waals surface area contributed by atoms with Crippen LogP contribution in [-0.4, -0.2) is 21.6 Å². The van der Waals surface area contributed by atoms with Crippen molar-refractivity contribution in [1.29, 1.82) is 0 Å². The van der Waals surface area contributed by atoms with Gasteiger partial charge in [0.15, 0.2) is 0 Å². The Morgan fingerprint density at radius 2 is 1.74 bits per heavy atom. The van der Waals surface area contributed by atoms with Crippen LogP contribution < -0.4 is 16.4 Å². The molecule has 0 spiro atoms. The average Bonchev–Trinajstić information content (AvgIpc) is 3.16. The zero-order chi connectivity index (χ0) is 21.6. The van der Waals surface area contributed by atoms with Crippen LogP contribution in [0.1, 0.15) is 45.8 Å². The molecule has 2 amide bonds. The first-order valence-corrected chi connectivity index (χ1v) is 11.3. The van der Waals surface area contributed by atoms with Crippen molar-refractivity contribution in [3.05, 3.63) is 74.2 Å². The second kappa shape index (κ2) is 9.70. The predicted molar refractivity (Wildman–Crippen MR) is 120 cm³/mol. The van der Waals surface area contributed by atoms with Gasteiger partial charge in [0.1, 0.15) is 6.54 Å². The Balaban J connectivity index is 1.38. The highest BCUT2D eigenvalue weighted by atomic mass is 32.1. The number of fused-ring (bicyclic) bond motifs is 1. The molecular formula is C23H24N4O3S. The quantitative estimate of drug-likeness (QED) is 0.615. The van der Waals surface area contributed by atoms with Gasteiger partial charge in [-0.2, -0.15) is 5.10 Å². The lowest BCUT2D eigenvalue weighted by Crippen LogP contribution is -2.44. The molecule has 0 aliphatic heterocycles. The molecule has 31 heavy (non-hydrogen) atoms. The van der Waals surface area contributed by atoms with Crippen molar-refractivity contribution in [3.63, 3.8) is 0 Å². The Labute approximate surface area is 184 Å². The molecule has 0 atom stereocenters. The molecule has 0 fully saturated rings. The molecule has 7 nitrogen and oxygen atoms in total. The summed E-state index contributed by atoms with van der Waals surface area (Å²) in [7, 11) is 0. The molecule has 8 heteroatoms. The van der Waals surface area contributed by atoms with Gasteiger partial charge in [0.25, 0.3) is 17.4 Å². The number of nitrogens with zero attached hydrogens (tertiary/aromatic N) is 2. The van der Waals surface area contributed by atoms with E-state index < -0.39 is 5.91 Å². The van der Waals surface area contributed by atoms with Gasteiger partial charge in [0, 0.05) is 16.5 Å². The summed E-state index contributed by atoms with van der Waals surface area (Å²) >= 11 is 1.49. The van der Waals surface area contributed by atoms with Crippen LogP contribution in [0.5, 0.6) is 0 Å². The first-order chi connectivity index (χ1) is 15.1. The fraction of sp³-hybridized carbons (Fsp3) is 0.304. The third kappa shape index (κ3) is 5.27. The summed E-state index contributed by atoms with van der Waals surface area (Å²) in [6.45, 7) is -0.291. The van der Waals surface area contributed by atoms with Crippen LogP contribution in [0.4, 0.5) is 0 Å². The number of amides is 2. The first kappa shape index (κ1) is 21.0. The van der Waals surface area contributed by atoms with E-state index in [1.165, 1.54) is 40.7 Å². The Hall–Kier alpha value is -3.26. The zero-order valence-corrected chi connectivity index (χ0v) is 17.9. The van der Waals surface area contributed by atoms with E-state index in [0.29, 0.717) is 10.6 Å². The molecule has 2 N–H and O–H groups in total. The van der Waals surface area contributed by atoms with E-state index in [1.807, 2.05) is 36.4 Å². The number of aromatic nitrogens is 2. The van der Waals surface area contributed by atoms with Crippen molar-refractivity contribution in [1.82, 2.24) is 20.6 Å². The summed E-state index contributed by atoms with van der Waals surface area (Å²) in [5.41, 5.74) is 7.14. The molecule has 160 valence electrons. The zero-order valence-electron chi connectivity index (χ0n) is 17.1. The SMILES string of the molecule is O=C(Cn1nc(-c2ccccc2)ccc1=O)NNC(=O)c1cc2c(s1)CCCCCC2. The summed E-state index contributed by atoms with van der Waals surface area (Å²) in [5, 5.41) is 4.26. The van der Waals surface area contributed by atoms with Crippen molar-refractivity contribution in [2.75, 3.05) is 0 Å². The fourth-order valence-electron chi connectivity index (χ4n) is 3.64. The molecule has 2 heterocycles. The highest BCUT2D eigenvalue weighted by molar-refractivity contribution is 7.14. The summed E-state index contributed by atoms with van der Waals surface area (Å²) < 4.78 is 1.08. The summed E-state index contributed by atoms with van der Waals surface area (Å²) in [6.07, 6.45) is 6.75. The largest absolute Gasteiger partial charge is 0.279 e. The van der Waals surface area contributed by atoms with Crippen LogP contribution >= 0.6 is 11.3 Å². The third-order valence-electron chi connectivity index (χ3n) is 5.27. The number of thiophene rings is 1. The monoisotopic (exact) mass is 436 g/mol. The first-order valence-electron chi connectivity index (χ1n) is 10.4. The molecule has 0 bridgehead atoms. The maximum absolute atomic E-state index is 12.5. The van der Waals surface area contributed by atoms with Crippen molar-refractivity contribution in [2.24, 2.45) is 0 Å². The lowest BCUT2D eigenvalue weighted by atomic mass is 10.00. The van der Waals surface area contributed by atoms with Crippen LogP contribution in [0.3, 0.4) is 0 Å². The van der Waals surface area contributed by atoms with Crippen molar-refractivity contribution in [2.45, 2.75) is 45.1 Å². The van der Waals surface area contributed by atoms with Gasteiger partial charge in [-0.15, -0.1) is 11.3 Å². The van der Waals surface area contributed by atoms with Crippen molar-refractivity contribution in [3.8, 4) is 11.3 Å². The van der Waals surface area contributed by atoms with Crippen LogP contribution in [0.15, 0.2) is 53.3 Å². The Kier molecular flexibility index (Phi) is 6.57. The lowest BCUT2D eigenvalue weighted by molar-refractivity contribution is -0.122. The number of hydrogen-bond donors (Lipinski definition) is 2. The van der Waals surface area contributed by atoms with Crippen molar-refractivity contribution >= 4 is 23.2 Å². The molecule has 0 radical (unpaired) electrons. The average molecular weight is 437 g/mol. The van der Waals surface area contributed by atoms with E-state index in [-0.39, 0.29) is 18.0 Å². The van der Waals surface area contributed by atoms with Gasteiger partial charge in [0.2, 0.25) is 0 Å². The summed E-state index contributed by atoms with van der Waals surface area (Å²) in [6, 6.07) is 14.3. The van der Waals surface area contributed by atoms with Gasteiger partial charge in [-0.1, -0.05) is 43.2 Å². The molecule has 4 rings (SSSR count). The minimum absolute atomic E-state index is 0.291. The van der Waals surface area contributed by atoms with Crippen LogP contribution in [-0.2, 0) is 24.2 Å². The van der Waals surface area contributed by atoms with Crippen molar-refractivity contribution < 1.29 is 9.59 Å². The molecule has 1 aliphatic carbocycles. The van der Waals surface area contributed by atoms with Gasteiger partial charge in [-0.3, -0.25) is 25.2 Å². The third-order valence-corrected chi connectivity index (χ3v) is 6.50. The second-order valence-electron chi connectivity index (χ2n) is 7.56. The number of hydrazine groups is 1. The van der Waals surface area contributed by atoms with Crippen LogP contribution in [0.25, 0.3) is 11.3 Å². The van der Waals surface area contributed by atoms with Gasteiger partial charge in [-0.25, -0.2) is 4.68 Å². The minimum atomic E-state index is -0.525. The van der Waals surface area contributed by atoms with Gasteiger partial charge in [0.05, 0.1) is 10.6 Å². The molecule has 0 saturated heterocycles. The Morgan fingerprint density at radius 1 is 0.968 bits per heavy atom. The van der Waals surface area contributed by atoms with E-state index >= 15 is 0 Å². The summed E-state index contributed by atoms with van der Waals surface area (Å²) in [4.78, 5) is 38.8. The molecule has 1 aliphatic rings. The van der Waals surface area contributed by atoms with Crippen LogP contribution in [0, 0.1) is 0 Å². The van der Waals surface area contributed by atoms with Gasteiger partial charge >= 0.3 is 0 Å². The number of carbonyl (C=O) groups is 2. The smallest absolute Gasteiger partial charge is 0.271 e. The van der Waals surface area contributed by atoms with Gasteiger partial charge in [-0.05, 0) is 43.4 Å². The molecule has 0 unspecified atom stereocenters. The van der Waals surface area contributed by atoms with E-state index in [0.717, 1.165) is 35.9 Å². The number of hydrogen-bond acceptors (Lipinski definition) is 5. The minimum Gasteiger partial charge on any atom is -0.271 e. The fourth-order valence-corrected chi connectivity index (χ4v) is 4.79. The molecule has 3 aromatic rings. The number of carbonyl (C=O) groups excluding carboxylic acids is 2.